The Hall–Kier alpha value is -2.10. The standard InChI is InChI=1S/C20H26N2O5S2/c1-15-16(2)20(12-11-19(15)27-3)28(23,24)21-17-7-9-18(10-8-17)29(25,26)22-13-5-4-6-14-22/h7-12,21H,4-6,13-14H2,1-3H3. The lowest BCUT2D eigenvalue weighted by Gasteiger charge is -2.25. The molecule has 0 radical (unpaired) electrons. The van der Waals surface area contributed by atoms with Crippen LogP contribution in [0, 0.1) is 13.8 Å². The highest BCUT2D eigenvalue weighted by Gasteiger charge is 2.26. The van der Waals surface area contributed by atoms with E-state index in [1.54, 1.807) is 19.9 Å². The largest absolute Gasteiger partial charge is 0.496 e. The van der Waals surface area contributed by atoms with Crippen molar-refractivity contribution < 1.29 is 21.6 Å². The monoisotopic (exact) mass is 438 g/mol. The van der Waals surface area contributed by atoms with Gasteiger partial charge in [0.1, 0.15) is 5.75 Å². The zero-order valence-electron chi connectivity index (χ0n) is 16.8. The maximum absolute atomic E-state index is 12.8. The number of benzene rings is 2. The number of rotatable bonds is 6. The van der Waals surface area contributed by atoms with Gasteiger partial charge in [0.25, 0.3) is 10.0 Å². The third-order valence-electron chi connectivity index (χ3n) is 5.26. The lowest BCUT2D eigenvalue weighted by atomic mass is 10.1. The summed E-state index contributed by atoms with van der Waals surface area (Å²) in [6.45, 7) is 4.56. The van der Waals surface area contributed by atoms with Gasteiger partial charge in [0.05, 0.1) is 16.9 Å². The van der Waals surface area contributed by atoms with E-state index in [-0.39, 0.29) is 9.79 Å². The van der Waals surface area contributed by atoms with Gasteiger partial charge < -0.3 is 4.74 Å². The van der Waals surface area contributed by atoms with Gasteiger partial charge in [-0.05, 0) is 74.2 Å². The first kappa shape index (κ1) is 21.6. The van der Waals surface area contributed by atoms with Crippen LogP contribution in [-0.4, -0.2) is 41.3 Å². The number of hydrogen-bond acceptors (Lipinski definition) is 5. The highest BCUT2D eigenvalue weighted by atomic mass is 32.2. The zero-order valence-corrected chi connectivity index (χ0v) is 18.4. The fourth-order valence-corrected chi connectivity index (χ4v) is 6.32. The van der Waals surface area contributed by atoms with Crippen LogP contribution in [0.2, 0.25) is 0 Å². The Kier molecular flexibility index (Phi) is 6.21. The minimum absolute atomic E-state index is 0.154. The summed E-state index contributed by atoms with van der Waals surface area (Å²) in [5.41, 5.74) is 1.65. The second-order valence-electron chi connectivity index (χ2n) is 7.11. The fourth-order valence-electron chi connectivity index (χ4n) is 3.44. The van der Waals surface area contributed by atoms with E-state index in [0.29, 0.717) is 30.1 Å². The smallest absolute Gasteiger partial charge is 0.262 e. The van der Waals surface area contributed by atoms with Crippen molar-refractivity contribution in [1.82, 2.24) is 4.31 Å². The SMILES string of the molecule is COc1ccc(S(=O)(=O)Nc2ccc(S(=O)(=O)N3CCCCC3)cc2)c(C)c1C. The number of sulfonamides is 2. The summed E-state index contributed by atoms with van der Waals surface area (Å²) in [7, 11) is -5.84. The summed E-state index contributed by atoms with van der Waals surface area (Å²) >= 11 is 0. The third kappa shape index (κ3) is 4.41. The molecule has 0 unspecified atom stereocenters. The van der Waals surface area contributed by atoms with Crippen LogP contribution in [0.4, 0.5) is 5.69 Å². The molecular weight excluding hydrogens is 412 g/mol. The molecule has 0 atom stereocenters. The number of ether oxygens (including phenoxy) is 1. The van der Waals surface area contributed by atoms with Crippen molar-refractivity contribution >= 4 is 25.7 Å². The van der Waals surface area contributed by atoms with E-state index in [1.165, 1.54) is 41.7 Å². The molecule has 1 N–H and O–H groups in total. The molecule has 7 nitrogen and oxygen atoms in total. The molecule has 2 aromatic rings. The zero-order chi connectivity index (χ0) is 21.2. The van der Waals surface area contributed by atoms with Crippen molar-refractivity contribution in [2.45, 2.75) is 42.9 Å². The van der Waals surface area contributed by atoms with Crippen LogP contribution in [0.1, 0.15) is 30.4 Å². The van der Waals surface area contributed by atoms with Gasteiger partial charge in [-0.3, -0.25) is 4.72 Å². The maximum Gasteiger partial charge on any atom is 0.262 e. The first-order valence-corrected chi connectivity index (χ1v) is 12.4. The molecule has 1 aliphatic rings. The molecule has 0 saturated carbocycles. The predicted molar refractivity (Wildman–Crippen MR) is 112 cm³/mol. The second-order valence-corrected chi connectivity index (χ2v) is 10.7. The summed E-state index contributed by atoms with van der Waals surface area (Å²) in [4.78, 5) is 0.319. The maximum atomic E-state index is 12.8. The molecule has 1 heterocycles. The highest BCUT2D eigenvalue weighted by molar-refractivity contribution is 7.92. The Labute approximate surface area is 172 Å². The Morgan fingerprint density at radius 3 is 2.07 bits per heavy atom. The van der Waals surface area contributed by atoms with Crippen LogP contribution in [-0.2, 0) is 20.0 Å². The topological polar surface area (TPSA) is 92.8 Å². The van der Waals surface area contributed by atoms with E-state index in [4.69, 9.17) is 4.74 Å². The van der Waals surface area contributed by atoms with Gasteiger partial charge in [0, 0.05) is 18.8 Å². The molecule has 1 saturated heterocycles. The fraction of sp³-hybridized carbons (Fsp3) is 0.400. The average Bonchev–Trinajstić information content (AvgIpc) is 2.70. The second kappa shape index (κ2) is 8.33. The predicted octanol–water partition coefficient (Wildman–Crippen LogP) is 3.29. The molecule has 9 heteroatoms. The van der Waals surface area contributed by atoms with Crippen LogP contribution in [0.3, 0.4) is 0 Å². The number of anilines is 1. The third-order valence-corrected chi connectivity index (χ3v) is 8.70. The Bertz CT molecular complexity index is 1090. The molecule has 0 aromatic heterocycles. The van der Waals surface area contributed by atoms with E-state index >= 15 is 0 Å². The minimum atomic E-state index is -3.83. The van der Waals surface area contributed by atoms with E-state index < -0.39 is 20.0 Å². The molecule has 29 heavy (non-hydrogen) atoms. The van der Waals surface area contributed by atoms with Gasteiger partial charge in [-0.1, -0.05) is 6.42 Å². The minimum Gasteiger partial charge on any atom is -0.496 e. The number of methoxy groups -OCH3 is 1. The number of hydrogen-bond donors (Lipinski definition) is 1. The van der Waals surface area contributed by atoms with Crippen molar-refractivity contribution in [3.8, 4) is 5.75 Å². The van der Waals surface area contributed by atoms with E-state index in [1.807, 2.05) is 0 Å². The lowest BCUT2D eigenvalue weighted by Crippen LogP contribution is -2.35. The summed E-state index contributed by atoms with van der Waals surface area (Å²) in [5.74, 6) is 0.619. The molecule has 1 fully saturated rings. The van der Waals surface area contributed by atoms with Crippen molar-refractivity contribution in [3.63, 3.8) is 0 Å². The van der Waals surface area contributed by atoms with Gasteiger partial charge in [-0.25, -0.2) is 16.8 Å². The molecule has 0 bridgehead atoms. The van der Waals surface area contributed by atoms with E-state index in [2.05, 4.69) is 4.72 Å². The van der Waals surface area contributed by atoms with E-state index in [9.17, 15) is 16.8 Å². The molecular formula is C20H26N2O5S2. The van der Waals surface area contributed by atoms with Crippen LogP contribution in [0.5, 0.6) is 5.75 Å². The molecule has 1 aliphatic heterocycles. The Balaban J connectivity index is 1.83. The van der Waals surface area contributed by atoms with Gasteiger partial charge in [-0.2, -0.15) is 4.31 Å². The highest BCUT2D eigenvalue weighted by Crippen LogP contribution is 2.28. The first-order chi connectivity index (χ1) is 13.7. The van der Waals surface area contributed by atoms with Crippen LogP contribution in [0.25, 0.3) is 0 Å². The first-order valence-electron chi connectivity index (χ1n) is 9.44. The van der Waals surface area contributed by atoms with Gasteiger partial charge in [-0.15, -0.1) is 0 Å². The lowest BCUT2D eigenvalue weighted by molar-refractivity contribution is 0.346. The number of piperidine rings is 1. The molecule has 3 rings (SSSR count). The van der Waals surface area contributed by atoms with Crippen molar-refractivity contribution in [3.05, 3.63) is 47.5 Å². The number of nitrogens with one attached hydrogen (secondary N) is 1. The number of nitrogens with zero attached hydrogens (tertiary/aromatic N) is 1. The van der Waals surface area contributed by atoms with Crippen molar-refractivity contribution in [2.24, 2.45) is 0 Å². The van der Waals surface area contributed by atoms with E-state index in [0.717, 1.165) is 24.8 Å². The van der Waals surface area contributed by atoms with Crippen molar-refractivity contribution in [1.29, 1.82) is 0 Å². The van der Waals surface area contributed by atoms with Gasteiger partial charge >= 0.3 is 0 Å². The summed E-state index contributed by atoms with van der Waals surface area (Å²) < 4.78 is 60.3. The molecule has 0 amide bonds. The average molecular weight is 439 g/mol. The molecule has 0 spiro atoms. The molecule has 158 valence electrons. The quantitative estimate of drug-likeness (QED) is 0.747. The molecule has 0 aliphatic carbocycles. The molecule has 2 aromatic carbocycles. The van der Waals surface area contributed by atoms with Crippen LogP contribution in [0.15, 0.2) is 46.2 Å². The van der Waals surface area contributed by atoms with Gasteiger partial charge in [0.2, 0.25) is 10.0 Å². The summed E-state index contributed by atoms with van der Waals surface area (Å²) in [5, 5.41) is 0. The normalized spacial score (nSPS) is 15.8. The van der Waals surface area contributed by atoms with Gasteiger partial charge in [0.15, 0.2) is 0 Å². The summed E-state index contributed by atoms with van der Waals surface area (Å²) in [6, 6.07) is 8.94. The van der Waals surface area contributed by atoms with Crippen LogP contribution < -0.4 is 9.46 Å². The van der Waals surface area contributed by atoms with Crippen molar-refractivity contribution in [2.75, 3.05) is 24.9 Å². The van der Waals surface area contributed by atoms with Crippen LogP contribution >= 0.6 is 0 Å². The Morgan fingerprint density at radius 2 is 1.48 bits per heavy atom. The Morgan fingerprint density at radius 1 is 0.862 bits per heavy atom. The summed E-state index contributed by atoms with van der Waals surface area (Å²) in [6.07, 6.45) is 2.76.